The van der Waals surface area contributed by atoms with Crippen molar-refractivity contribution in [3.63, 3.8) is 0 Å². The van der Waals surface area contributed by atoms with E-state index in [0.717, 1.165) is 38.2 Å². The van der Waals surface area contributed by atoms with Gasteiger partial charge in [0.1, 0.15) is 0 Å². The third-order valence-electron chi connectivity index (χ3n) is 4.60. The van der Waals surface area contributed by atoms with Gasteiger partial charge in [0.2, 0.25) is 5.91 Å². The van der Waals surface area contributed by atoms with E-state index in [9.17, 15) is 9.90 Å². The van der Waals surface area contributed by atoms with Gasteiger partial charge >= 0.3 is 0 Å². The van der Waals surface area contributed by atoms with Gasteiger partial charge in [-0.15, -0.1) is 0 Å². The fourth-order valence-corrected chi connectivity index (χ4v) is 3.25. The zero-order chi connectivity index (χ0) is 17.7. The van der Waals surface area contributed by atoms with E-state index in [1.807, 2.05) is 0 Å². The third-order valence-corrected chi connectivity index (χ3v) is 4.60. The molecule has 1 aromatic rings. The van der Waals surface area contributed by atoms with Crippen LogP contribution in [0.2, 0.25) is 0 Å². The van der Waals surface area contributed by atoms with Crippen molar-refractivity contribution in [2.24, 2.45) is 0 Å². The van der Waals surface area contributed by atoms with E-state index < -0.39 is 6.10 Å². The molecular formula is C19H31N3O2. The molecule has 5 heteroatoms. The number of carbonyl (C=O) groups is 1. The zero-order valence-electron chi connectivity index (χ0n) is 15.5. The number of benzene rings is 1. The molecule has 1 aliphatic heterocycles. The Labute approximate surface area is 145 Å². The van der Waals surface area contributed by atoms with Crippen molar-refractivity contribution < 1.29 is 9.90 Å². The van der Waals surface area contributed by atoms with Crippen LogP contribution in [0.25, 0.3) is 0 Å². The Balaban J connectivity index is 1.88. The van der Waals surface area contributed by atoms with Gasteiger partial charge in [-0.25, -0.2) is 0 Å². The van der Waals surface area contributed by atoms with Crippen LogP contribution in [0.3, 0.4) is 0 Å². The first-order chi connectivity index (χ1) is 11.3. The molecule has 24 heavy (non-hydrogen) atoms. The van der Waals surface area contributed by atoms with Crippen LogP contribution in [-0.4, -0.2) is 79.1 Å². The fourth-order valence-electron chi connectivity index (χ4n) is 3.25. The van der Waals surface area contributed by atoms with Crippen LogP contribution in [0.1, 0.15) is 29.2 Å². The molecule has 1 aliphatic rings. The number of β-amino-alcohol motifs (C(OH)–C–C–N with tert-alkyl or cyclic N) is 1. The molecule has 5 nitrogen and oxygen atoms in total. The Hall–Kier alpha value is -1.43. The third kappa shape index (κ3) is 5.58. The van der Waals surface area contributed by atoms with E-state index in [1.54, 1.807) is 19.0 Å². The lowest BCUT2D eigenvalue weighted by Crippen LogP contribution is -2.39. The van der Waals surface area contributed by atoms with Gasteiger partial charge in [-0.1, -0.05) is 29.3 Å². The van der Waals surface area contributed by atoms with E-state index in [4.69, 9.17) is 0 Å². The number of carbonyl (C=O) groups excluding carboxylic acids is 1. The Bertz CT molecular complexity index is 539. The molecule has 0 radical (unpaired) electrons. The summed E-state index contributed by atoms with van der Waals surface area (Å²) in [5.74, 6) is 0.152. The topological polar surface area (TPSA) is 47.0 Å². The highest BCUT2D eigenvalue weighted by Gasteiger charge is 2.20. The van der Waals surface area contributed by atoms with Gasteiger partial charge in [-0.3, -0.25) is 14.6 Å². The molecule has 1 atom stereocenters. The first-order valence-electron chi connectivity index (χ1n) is 8.76. The van der Waals surface area contributed by atoms with Gasteiger partial charge in [0.25, 0.3) is 0 Å². The largest absolute Gasteiger partial charge is 0.387 e. The summed E-state index contributed by atoms with van der Waals surface area (Å²) in [5.41, 5.74) is 3.37. The van der Waals surface area contributed by atoms with Crippen molar-refractivity contribution in [3.05, 3.63) is 34.9 Å². The molecule has 0 aliphatic carbocycles. The fraction of sp³-hybridized carbons (Fsp3) is 0.632. The molecule has 134 valence electrons. The first kappa shape index (κ1) is 18.9. The van der Waals surface area contributed by atoms with Crippen LogP contribution in [0.5, 0.6) is 0 Å². The van der Waals surface area contributed by atoms with E-state index in [2.05, 4.69) is 41.8 Å². The summed E-state index contributed by atoms with van der Waals surface area (Å²) in [6, 6.07) is 6.26. The maximum atomic E-state index is 11.9. The molecule has 2 rings (SSSR count). The van der Waals surface area contributed by atoms with Crippen LogP contribution in [0.15, 0.2) is 18.2 Å². The summed E-state index contributed by atoms with van der Waals surface area (Å²) in [5, 5.41) is 10.6. The van der Waals surface area contributed by atoms with Crippen LogP contribution >= 0.6 is 0 Å². The molecule has 1 heterocycles. The summed E-state index contributed by atoms with van der Waals surface area (Å²) in [7, 11) is 3.60. The lowest BCUT2D eigenvalue weighted by molar-refractivity contribution is -0.129. The number of aryl methyl sites for hydroxylation is 2. The lowest BCUT2D eigenvalue weighted by Gasteiger charge is -2.24. The molecule has 0 spiro atoms. The summed E-state index contributed by atoms with van der Waals surface area (Å²) < 4.78 is 0. The van der Waals surface area contributed by atoms with E-state index in [-0.39, 0.29) is 5.91 Å². The minimum atomic E-state index is -0.460. The number of likely N-dealkylation sites (N-methyl/N-ethyl adjacent to an activating group) is 1. The van der Waals surface area contributed by atoms with Crippen molar-refractivity contribution in [3.8, 4) is 0 Å². The molecule has 1 amide bonds. The smallest absolute Gasteiger partial charge is 0.236 e. The second-order valence-corrected chi connectivity index (χ2v) is 7.16. The normalized spacial score (nSPS) is 18.2. The number of aliphatic hydroxyl groups excluding tert-OH is 1. The molecule has 1 fully saturated rings. The van der Waals surface area contributed by atoms with E-state index in [0.29, 0.717) is 13.1 Å². The average molecular weight is 333 g/mol. The Morgan fingerprint density at radius 2 is 1.67 bits per heavy atom. The lowest BCUT2D eigenvalue weighted by atomic mass is 10.0. The predicted molar refractivity (Wildman–Crippen MR) is 97.1 cm³/mol. The summed E-state index contributed by atoms with van der Waals surface area (Å²) in [6.07, 6.45) is 0.568. The zero-order valence-corrected chi connectivity index (χ0v) is 15.5. The van der Waals surface area contributed by atoms with Crippen LogP contribution in [0, 0.1) is 13.8 Å². The van der Waals surface area contributed by atoms with E-state index in [1.165, 1.54) is 11.1 Å². The Morgan fingerprint density at radius 3 is 2.29 bits per heavy atom. The monoisotopic (exact) mass is 333 g/mol. The Morgan fingerprint density at radius 1 is 1.08 bits per heavy atom. The molecule has 0 saturated carbocycles. The van der Waals surface area contributed by atoms with Crippen LogP contribution < -0.4 is 0 Å². The number of amides is 1. The van der Waals surface area contributed by atoms with Gasteiger partial charge < -0.3 is 10.0 Å². The number of aliphatic hydroxyl groups is 1. The van der Waals surface area contributed by atoms with E-state index >= 15 is 0 Å². The number of hydrogen-bond donors (Lipinski definition) is 1. The summed E-state index contributed by atoms with van der Waals surface area (Å²) in [6.45, 7) is 8.94. The van der Waals surface area contributed by atoms with Crippen LogP contribution in [0.4, 0.5) is 0 Å². The van der Waals surface area contributed by atoms with Crippen molar-refractivity contribution in [1.82, 2.24) is 14.7 Å². The van der Waals surface area contributed by atoms with Gasteiger partial charge in [-0.2, -0.15) is 0 Å². The van der Waals surface area contributed by atoms with Crippen LogP contribution in [-0.2, 0) is 4.79 Å². The summed E-state index contributed by atoms with van der Waals surface area (Å²) >= 11 is 0. The predicted octanol–water partition coefficient (Wildman–Crippen LogP) is 1.43. The van der Waals surface area contributed by atoms with Crippen molar-refractivity contribution in [2.75, 3.05) is 53.4 Å². The van der Waals surface area contributed by atoms with Crippen molar-refractivity contribution in [1.29, 1.82) is 0 Å². The second kappa shape index (κ2) is 8.60. The molecule has 1 unspecified atom stereocenters. The molecular weight excluding hydrogens is 302 g/mol. The van der Waals surface area contributed by atoms with Crippen molar-refractivity contribution in [2.45, 2.75) is 26.4 Å². The molecule has 1 aromatic carbocycles. The standard InChI is InChI=1S/C19H31N3O2/c1-15-10-16(2)12-17(11-15)18(23)13-21-6-5-7-22(9-8-21)14-19(24)20(3)4/h10-12,18,23H,5-9,13-14H2,1-4H3. The summed E-state index contributed by atoms with van der Waals surface area (Å²) in [4.78, 5) is 18.0. The maximum Gasteiger partial charge on any atom is 0.236 e. The number of rotatable bonds is 5. The maximum absolute atomic E-state index is 11.9. The molecule has 1 saturated heterocycles. The van der Waals surface area contributed by atoms with Gasteiger partial charge in [0, 0.05) is 33.7 Å². The van der Waals surface area contributed by atoms with Gasteiger partial charge in [-0.05, 0) is 38.9 Å². The van der Waals surface area contributed by atoms with Gasteiger partial charge in [0.15, 0.2) is 0 Å². The van der Waals surface area contributed by atoms with Crippen molar-refractivity contribution >= 4 is 5.91 Å². The minimum Gasteiger partial charge on any atom is -0.387 e. The minimum absolute atomic E-state index is 0.152. The van der Waals surface area contributed by atoms with Gasteiger partial charge in [0.05, 0.1) is 12.6 Å². The second-order valence-electron chi connectivity index (χ2n) is 7.16. The molecule has 0 aromatic heterocycles. The number of hydrogen-bond acceptors (Lipinski definition) is 4. The Kier molecular flexibility index (Phi) is 6.78. The SMILES string of the molecule is Cc1cc(C)cc(C(O)CN2CCCN(CC(=O)N(C)C)CC2)c1. The molecule has 0 bridgehead atoms. The highest BCUT2D eigenvalue weighted by atomic mass is 16.3. The highest BCUT2D eigenvalue weighted by molar-refractivity contribution is 5.77. The molecule has 1 N–H and O–H groups in total. The first-order valence-corrected chi connectivity index (χ1v) is 8.76. The quantitative estimate of drug-likeness (QED) is 0.886. The number of nitrogens with zero attached hydrogens (tertiary/aromatic N) is 3. The highest BCUT2D eigenvalue weighted by Crippen LogP contribution is 2.18. The average Bonchev–Trinajstić information content (AvgIpc) is 2.71.